The lowest BCUT2D eigenvalue weighted by Gasteiger charge is -2.23. The van der Waals surface area contributed by atoms with Gasteiger partial charge in [-0.1, -0.05) is 39.7 Å². The summed E-state index contributed by atoms with van der Waals surface area (Å²) in [5.41, 5.74) is 0.566. The highest BCUT2D eigenvalue weighted by atomic mass is 16.6. The summed E-state index contributed by atoms with van der Waals surface area (Å²) in [6.07, 6.45) is 2.91. The summed E-state index contributed by atoms with van der Waals surface area (Å²) in [6.45, 7) is 8.81. The van der Waals surface area contributed by atoms with Gasteiger partial charge in [-0.15, -0.1) is 0 Å². The highest BCUT2D eigenvalue weighted by Gasteiger charge is 2.23. The Morgan fingerprint density at radius 1 is 1.29 bits per heavy atom. The Morgan fingerprint density at radius 2 is 1.95 bits per heavy atom. The summed E-state index contributed by atoms with van der Waals surface area (Å²) >= 11 is 0. The molecule has 0 aromatic heterocycles. The first-order valence-electron chi connectivity index (χ1n) is 7.71. The number of nitro benzene ring substituents is 1. The number of anilines is 1. The molecule has 0 fully saturated rings. The monoisotopic (exact) mass is 294 g/mol. The van der Waals surface area contributed by atoms with Crippen LogP contribution in [0.2, 0.25) is 0 Å². The summed E-state index contributed by atoms with van der Waals surface area (Å²) in [4.78, 5) is 11.0. The quantitative estimate of drug-likeness (QED) is 0.533. The van der Waals surface area contributed by atoms with Gasteiger partial charge in [0, 0.05) is 6.04 Å². The second-order valence-corrected chi connectivity index (χ2v) is 5.27. The summed E-state index contributed by atoms with van der Waals surface area (Å²) in [7, 11) is 0. The van der Waals surface area contributed by atoms with Gasteiger partial charge in [-0.2, -0.15) is 0 Å². The molecule has 118 valence electrons. The lowest BCUT2D eigenvalue weighted by molar-refractivity contribution is -0.385. The summed E-state index contributed by atoms with van der Waals surface area (Å²) < 4.78 is 5.50. The molecule has 1 rings (SSSR count). The van der Waals surface area contributed by atoms with Crippen LogP contribution in [0.25, 0.3) is 0 Å². The molecule has 0 amide bonds. The maximum atomic E-state index is 11.4. The molecule has 0 saturated carbocycles. The molecule has 0 spiro atoms. The Morgan fingerprint density at radius 3 is 2.48 bits per heavy atom. The molecule has 5 heteroatoms. The van der Waals surface area contributed by atoms with Gasteiger partial charge in [-0.3, -0.25) is 10.1 Å². The van der Waals surface area contributed by atoms with Crippen molar-refractivity contribution in [2.45, 2.75) is 53.0 Å². The molecule has 0 saturated heterocycles. The minimum absolute atomic E-state index is 0.0313. The van der Waals surface area contributed by atoms with Gasteiger partial charge in [-0.05, 0) is 31.4 Å². The molecule has 1 aromatic carbocycles. The van der Waals surface area contributed by atoms with Gasteiger partial charge < -0.3 is 10.1 Å². The molecule has 0 aliphatic carbocycles. The average Bonchev–Trinajstić information content (AvgIpc) is 2.46. The summed E-state index contributed by atoms with van der Waals surface area (Å²) in [5.74, 6) is 0.827. The molecule has 5 nitrogen and oxygen atoms in total. The molecule has 0 radical (unpaired) electrons. The number of hydrogen-bond donors (Lipinski definition) is 1. The number of benzene rings is 1. The average molecular weight is 294 g/mol. The first-order chi connectivity index (χ1) is 10.0. The zero-order valence-corrected chi connectivity index (χ0v) is 13.4. The predicted octanol–water partition coefficient (Wildman–Crippen LogP) is 4.62. The third-order valence-electron chi connectivity index (χ3n) is 3.78. The van der Waals surface area contributed by atoms with E-state index in [0.717, 1.165) is 19.3 Å². The van der Waals surface area contributed by atoms with Crippen molar-refractivity contribution in [1.29, 1.82) is 0 Å². The van der Waals surface area contributed by atoms with Gasteiger partial charge in [0.2, 0.25) is 0 Å². The molecular formula is C16H26N2O3. The Kier molecular flexibility index (Phi) is 6.99. The van der Waals surface area contributed by atoms with E-state index in [9.17, 15) is 10.1 Å². The SMILES string of the molecule is CCCOc1cccc(NC(C)C(CC)CC)c1[N+](=O)[O-]. The predicted molar refractivity (Wildman–Crippen MR) is 86.0 cm³/mol. The number of nitrogens with one attached hydrogen (secondary N) is 1. The molecule has 0 heterocycles. The molecule has 0 aliphatic heterocycles. The van der Waals surface area contributed by atoms with Gasteiger partial charge in [0.1, 0.15) is 5.69 Å². The minimum Gasteiger partial charge on any atom is -0.487 e. The lowest BCUT2D eigenvalue weighted by Crippen LogP contribution is -2.25. The van der Waals surface area contributed by atoms with E-state index in [0.29, 0.717) is 24.0 Å². The van der Waals surface area contributed by atoms with E-state index in [1.54, 1.807) is 18.2 Å². The Balaban J connectivity index is 3.03. The van der Waals surface area contributed by atoms with Crippen molar-refractivity contribution in [3.05, 3.63) is 28.3 Å². The van der Waals surface area contributed by atoms with Crippen molar-refractivity contribution in [1.82, 2.24) is 0 Å². The van der Waals surface area contributed by atoms with Crippen LogP contribution in [0.5, 0.6) is 5.75 Å². The van der Waals surface area contributed by atoms with Gasteiger partial charge >= 0.3 is 5.69 Å². The second-order valence-electron chi connectivity index (χ2n) is 5.27. The molecule has 1 atom stereocenters. The van der Waals surface area contributed by atoms with Crippen LogP contribution in [0.3, 0.4) is 0 Å². The van der Waals surface area contributed by atoms with Gasteiger partial charge in [0.25, 0.3) is 0 Å². The zero-order chi connectivity index (χ0) is 15.8. The van der Waals surface area contributed by atoms with Crippen LogP contribution in [0, 0.1) is 16.0 Å². The maximum Gasteiger partial charge on any atom is 0.333 e. The third-order valence-corrected chi connectivity index (χ3v) is 3.78. The smallest absolute Gasteiger partial charge is 0.333 e. The fourth-order valence-corrected chi connectivity index (χ4v) is 2.51. The van der Waals surface area contributed by atoms with Crippen molar-refractivity contribution in [3.8, 4) is 5.75 Å². The largest absolute Gasteiger partial charge is 0.487 e. The van der Waals surface area contributed by atoms with Crippen molar-refractivity contribution in [2.75, 3.05) is 11.9 Å². The highest BCUT2D eigenvalue weighted by molar-refractivity contribution is 5.68. The number of para-hydroxylation sites is 1. The third kappa shape index (κ3) is 4.62. The van der Waals surface area contributed by atoms with Gasteiger partial charge in [0.15, 0.2) is 5.75 Å². The molecular weight excluding hydrogens is 268 g/mol. The van der Waals surface area contributed by atoms with Crippen LogP contribution in [0.1, 0.15) is 47.0 Å². The molecule has 0 aliphatic rings. The van der Waals surface area contributed by atoms with E-state index in [2.05, 4.69) is 26.1 Å². The van der Waals surface area contributed by atoms with E-state index >= 15 is 0 Å². The van der Waals surface area contributed by atoms with Crippen LogP contribution >= 0.6 is 0 Å². The van der Waals surface area contributed by atoms with E-state index in [-0.39, 0.29) is 16.7 Å². The van der Waals surface area contributed by atoms with E-state index in [1.165, 1.54) is 0 Å². The van der Waals surface area contributed by atoms with Crippen LogP contribution in [-0.2, 0) is 0 Å². The van der Waals surface area contributed by atoms with Gasteiger partial charge in [0.05, 0.1) is 11.5 Å². The fourth-order valence-electron chi connectivity index (χ4n) is 2.51. The molecule has 21 heavy (non-hydrogen) atoms. The summed E-state index contributed by atoms with van der Waals surface area (Å²) in [5, 5.41) is 14.7. The van der Waals surface area contributed by atoms with E-state index in [4.69, 9.17) is 4.74 Å². The molecule has 0 bridgehead atoms. The maximum absolute atomic E-state index is 11.4. The van der Waals surface area contributed by atoms with Crippen LogP contribution < -0.4 is 10.1 Å². The molecule has 1 aromatic rings. The number of hydrogen-bond acceptors (Lipinski definition) is 4. The molecule has 1 unspecified atom stereocenters. The van der Waals surface area contributed by atoms with Crippen LogP contribution in [-0.4, -0.2) is 17.6 Å². The first kappa shape index (κ1) is 17.3. The summed E-state index contributed by atoms with van der Waals surface area (Å²) in [6, 6.07) is 5.37. The first-order valence-corrected chi connectivity index (χ1v) is 7.71. The number of nitro groups is 1. The Bertz CT molecular complexity index is 459. The Labute approximate surface area is 126 Å². The Hall–Kier alpha value is -1.78. The van der Waals surface area contributed by atoms with Crippen molar-refractivity contribution in [2.24, 2.45) is 5.92 Å². The fraction of sp³-hybridized carbons (Fsp3) is 0.625. The number of nitrogens with zero attached hydrogens (tertiary/aromatic N) is 1. The van der Waals surface area contributed by atoms with Crippen molar-refractivity contribution >= 4 is 11.4 Å². The van der Waals surface area contributed by atoms with E-state index < -0.39 is 0 Å². The highest BCUT2D eigenvalue weighted by Crippen LogP contribution is 2.36. The van der Waals surface area contributed by atoms with E-state index in [1.807, 2.05) is 6.92 Å². The second kappa shape index (κ2) is 8.49. The van der Waals surface area contributed by atoms with Crippen LogP contribution in [0.4, 0.5) is 11.4 Å². The molecule has 1 N–H and O–H groups in total. The normalized spacial score (nSPS) is 12.2. The minimum atomic E-state index is -0.368. The number of ether oxygens (including phenoxy) is 1. The van der Waals surface area contributed by atoms with Crippen molar-refractivity contribution < 1.29 is 9.66 Å². The van der Waals surface area contributed by atoms with Crippen molar-refractivity contribution in [3.63, 3.8) is 0 Å². The van der Waals surface area contributed by atoms with Crippen LogP contribution in [0.15, 0.2) is 18.2 Å². The standard InChI is InChI=1S/C16H26N2O3/c1-5-11-21-15-10-8-9-14(16(15)18(19)20)17-12(4)13(6-2)7-3/h8-10,12-13,17H,5-7,11H2,1-4H3. The van der Waals surface area contributed by atoms with Gasteiger partial charge in [-0.25, -0.2) is 0 Å². The topological polar surface area (TPSA) is 64.4 Å². The number of rotatable bonds is 9. The lowest BCUT2D eigenvalue weighted by atomic mass is 9.95. The zero-order valence-electron chi connectivity index (χ0n) is 13.4.